The molecule has 0 unspecified atom stereocenters. The predicted octanol–water partition coefficient (Wildman–Crippen LogP) is 4.20. The molecule has 26 heavy (non-hydrogen) atoms. The molecular formula is C19H20ClN5S. The van der Waals surface area contributed by atoms with Gasteiger partial charge < -0.3 is 0 Å². The molecule has 0 saturated carbocycles. The number of nitrogens with zero attached hydrogens (tertiary/aromatic N) is 5. The van der Waals surface area contributed by atoms with E-state index in [4.69, 9.17) is 11.6 Å². The Morgan fingerprint density at radius 1 is 1.00 bits per heavy atom. The molecule has 3 aromatic rings. The third-order valence-electron chi connectivity index (χ3n) is 4.47. The van der Waals surface area contributed by atoms with E-state index >= 15 is 0 Å². The van der Waals surface area contributed by atoms with E-state index < -0.39 is 0 Å². The van der Waals surface area contributed by atoms with Crippen LogP contribution < -0.4 is 0 Å². The van der Waals surface area contributed by atoms with Gasteiger partial charge in [-0.05, 0) is 49.7 Å². The summed E-state index contributed by atoms with van der Waals surface area (Å²) in [6, 6.07) is 14.2. The van der Waals surface area contributed by atoms with Gasteiger partial charge in [0.25, 0.3) is 0 Å². The lowest BCUT2D eigenvalue weighted by Gasteiger charge is -2.16. The van der Waals surface area contributed by atoms with Crippen LogP contribution >= 0.6 is 23.4 Å². The van der Waals surface area contributed by atoms with Crippen LogP contribution in [0.1, 0.15) is 24.2 Å². The Labute approximate surface area is 162 Å². The number of hydrogen-bond acceptors (Lipinski definition) is 5. The second-order valence-corrected chi connectivity index (χ2v) is 7.60. The summed E-state index contributed by atoms with van der Waals surface area (Å²) in [5.41, 5.74) is 2.09. The van der Waals surface area contributed by atoms with E-state index in [9.17, 15) is 0 Å². The first kappa shape index (κ1) is 17.5. The standard InChI is InChI=1S/C19H20ClN5S/c20-18-15(7-6-10-21-18)14-26-19-23-22-17(13-24-11-4-5-12-24)25(19)16-8-2-1-3-9-16/h1-3,6-10H,4-5,11-14H2. The quantitative estimate of drug-likeness (QED) is 0.470. The van der Waals surface area contributed by atoms with Crippen molar-refractivity contribution >= 4 is 23.4 Å². The SMILES string of the molecule is Clc1ncccc1CSc1nnc(CN2CCCC2)n1-c1ccccc1. The summed E-state index contributed by atoms with van der Waals surface area (Å²) < 4.78 is 2.16. The van der Waals surface area contributed by atoms with E-state index in [1.54, 1.807) is 18.0 Å². The molecule has 1 fully saturated rings. The van der Waals surface area contributed by atoms with Crippen LogP contribution in [0.3, 0.4) is 0 Å². The number of benzene rings is 1. The van der Waals surface area contributed by atoms with Crippen LogP contribution in [-0.4, -0.2) is 37.7 Å². The van der Waals surface area contributed by atoms with Crippen LogP contribution in [0.15, 0.2) is 53.8 Å². The van der Waals surface area contributed by atoms with E-state index in [2.05, 4.69) is 36.8 Å². The summed E-state index contributed by atoms with van der Waals surface area (Å²) in [4.78, 5) is 6.59. The van der Waals surface area contributed by atoms with Crippen LogP contribution in [0.4, 0.5) is 0 Å². The minimum Gasteiger partial charge on any atom is -0.296 e. The largest absolute Gasteiger partial charge is 0.296 e. The topological polar surface area (TPSA) is 46.8 Å². The molecule has 1 saturated heterocycles. The van der Waals surface area contributed by atoms with E-state index in [-0.39, 0.29) is 0 Å². The lowest BCUT2D eigenvalue weighted by Crippen LogP contribution is -2.21. The Hall–Kier alpha value is -1.89. The Bertz CT molecular complexity index is 861. The van der Waals surface area contributed by atoms with Gasteiger partial charge in [0.2, 0.25) is 0 Å². The molecule has 134 valence electrons. The zero-order chi connectivity index (χ0) is 17.8. The molecule has 3 heterocycles. The Morgan fingerprint density at radius 2 is 1.81 bits per heavy atom. The third-order valence-corrected chi connectivity index (χ3v) is 5.79. The minimum atomic E-state index is 0.545. The summed E-state index contributed by atoms with van der Waals surface area (Å²) in [5, 5.41) is 10.4. The molecule has 0 N–H and O–H groups in total. The molecule has 1 aliphatic rings. The van der Waals surface area contributed by atoms with Gasteiger partial charge >= 0.3 is 0 Å². The van der Waals surface area contributed by atoms with Crippen molar-refractivity contribution < 1.29 is 0 Å². The van der Waals surface area contributed by atoms with Gasteiger partial charge in [0.15, 0.2) is 11.0 Å². The maximum atomic E-state index is 6.19. The number of pyridine rings is 1. The highest BCUT2D eigenvalue weighted by Crippen LogP contribution is 2.28. The van der Waals surface area contributed by atoms with Gasteiger partial charge in [-0.1, -0.05) is 47.6 Å². The van der Waals surface area contributed by atoms with Crippen molar-refractivity contribution in [3.05, 3.63) is 65.2 Å². The van der Waals surface area contributed by atoms with Gasteiger partial charge in [0.1, 0.15) is 5.15 Å². The van der Waals surface area contributed by atoms with E-state index in [0.29, 0.717) is 10.9 Å². The van der Waals surface area contributed by atoms with Crippen LogP contribution in [0.2, 0.25) is 5.15 Å². The minimum absolute atomic E-state index is 0.545. The van der Waals surface area contributed by atoms with E-state index in [0.717, 1.165) is 41.9 Å². The van der Waals surface area contributed by atoms with Crippen molar-refractivity contribution in [3.63, 3.8) is 0 Å². The van der Waals surface area contributed by atoms with Crippen LogP contribution in [0.5, 0.6) is 0 Å². The van der Waals surface area contributed by atoms with Crippen LogP contribution in [0, 0.1) is 0 Å². The summed E-state index contributed by atoms with van der Waals surface area (Å²) in [6.07, 6.45) is 4.23. The molecule has 0 aliphatic carbocycles. The summed E-state index contributed by atoms with van der Waals surface area (Å²) in [7, 11) is 0. The monoisotopic (exact) mass is 385 g/mol. The molecule has 0 amide bonds. The number of thioether (sulfide) groups is 1. The maximum Gasteiger partial charge on any atom is 0.196 e. The van der Waals surface area contributed by atoms with Gasteiger partial charge in [-0.25, -0.2) is 4.98 Å². The number of halogens is 1. The van der Waals surface area contributed by atoms with Gasteiger partial charge in [0.05, 0.1) is 6.54 Å². The molecule has 0 spiro atoms. The van der Waals surface area contributed by atoms with Gasteiger partial charge in [0, 0.05) is 17.6 Å². The second kappa shape index (κ2) is 8.20. The number of hydrogen-bond donors (Lipinski definition) is 0. The lowest BCUT2D eigenvalue weighted by atomic mass is 10.3. The highest BCUT2D eigenvalue weighted by atomic mass is 35.5. The molecule has 0 atom stereocenters. The van der Waals surface area contributed by atoms with Crippen LogP contribution in [0.25, 0.3) is 5.69 Å². The average Bonchev–Trinajstić information content (AvgIpc) is 3.32. The van der Waals surface area contributed by atoms with Crippen molar-refractivity contribution in [2.45, 2.75) is 30.3 Å². The Morgan fingerprint density at radius 3 is 2.58 bits per heavy atom. The molecule has 2 aromatic heterocycles. The molecule has 0 bridgehead atoms. The zero-order valence-electron chi connectivity index (χ0n) is 14.4. The number of para-hydroxylation sites is 1. The second-order valence-electron chi connectivity index (χ2n) is 6.30. The van der Waals surface area contributed by atoms with Crippen LogP contribution in [-0.2, 0) is 12.3 Å². The van der Waals surface area contributed by atoms with Crippen molar-refractivity contribution in [3.8, 4) is 5.69 Å². The molecular weight excluding hydrogens is 366 g/mol. The fraction of sp³-hybridized carbons (Fsp3) is 0.316. The third kappa shape index (κ3) is 3.92. The Kier molecular flexibility index (Phi) is 5.53. The first-order chi connectivity index (χ1) is 12.8. The molecule has 1 aliphatic heterocycles. The molecule has 5 nitrogen and oxygen atoms in total. The van der Waals surface area contributed by atoms with E-state index in [1.807, 2.05) is 30.3 Å². The summed E-state index contributed by atoms with van der Waals surface area (Å²) in [5.74, 6) is 1.69. The Balaban J connectivity index is 1.61. The van der Waals surface area contributed by atoms with Gasteiger partial charge in [-0.3, -0.25) is 9.47 Å². The van der Waals surface area contributed by atoms with Crippen molar-refractivity contribution in [1.29, 1.82) is 0 Å². The fourth-order valence-electron chi connectivity index (χ4n) is 3.14. The van der Waals surface area contributed by atoms with Gasteiger partial charge in [-0.2, -0.15) is 0 Å². The lowest BCUT2D eigenvalue weighted by molar-refractivity contribution is 0.319. The maximum absolute atomic E-state index is 6.19. The predicted molar refractivity (Wildman–Crippen MR) is 105 cm³/mol. The molecule has 7 heteroatoms. The first-order valence-corrected chi connectivity index (χ1v) is 10.1. The zero-order valence-corrected chi connectivity index (χ0v) is 16.0. The molecule has 0 radical (unpaired) electrons. The first-order valence-electron chi connectivity index (χ1n) is 8.75. The highest BCUT2D eigenvalue weighted by molar-refractivity contribution is 7.98. The number of aromatic nitrogens is 4. The molecule has 4 rings (SSSR count). The fourth-order valence-corrected chi connectivity index (χ4v) is 4.36. The highest BCUT2D eigenvalue weighted by Gasteiger charge is 2.19. The average molecular weight is 386 g/mol. The van der Waals surface area contributed by atoms with Crippen molar-refractivity contribution in [1.82, 2.24) is 24.6 Å². The van der Waals surface area contributed by atoms with Gasteiger partial charge in [-0.15, -0.1) is 10.2 Å². The number of rotatable bonds is 6. The normalized spacial score (nSPS) is 14.8. The van der Waals surface area contributed by atoms with E-state index in [1.165, 1.54) is 12.8 Å². The smallest absolute Gasteiger partial charge is 0.196 e. The van der Waals surface area contributed by atoms with Crippen molar-refractivity contribution in [2.24, 2.45) is 0 Å². The summed E-state index contributed by atoms with van der Waals surface area (Å²) in [6.45, 7) is 3.10. The molecule has 1 aromatic carbocycles. The number of likely N-dealkylation sites (tertiary alicyclic amines) is 1. The van der Waals surface area contributed by atoms with Crippen molar-refractivity contribution in [2.75, 3.05) is 13.1 Å². The summed E-state index contributed by atoms with van der Waals surface area (Å²) >= 11 is 7.83.